The largest absolute Gasteiger partial charge is 0.480 e. The Morgan fingerprint density at radius 2 is 1.97 bits per heavy atom. The van der Waals surface area contributed by atoms with Crippen molar-refractivity contribution in [3.63, 3.8) is 0 Å². The van der Waals surface area contributed by atoms with E-state index in [0.29, 0.717) is 42.9 Å². The summed E-state index contributed by atoms with van der Waals surface area (Å²) >= 11 is 1.55. The Balaban J connectivity index is 1.51. The van der Waals surface area contributed by atoms with Gasteiger partial charge in [0.25, 0.3) is 5.91 Å². The van der Waals surface area contributed by atoms with E-state index in [1.807, 2.05) is 61.7 Å². The second-order valence-corrected chi connectivity index (χ2v) is 10.1. The highest BCUT2D eigenvalue weighted by atomic mass is 32.2. The van der Waals surface area contributed by atoms with Crippen molar-refractivity contribution in [2.45, 2.75) is 38.6 Å². The lowest BCUT2D eigenvalue weighted by atomic mass is 9.92. The molecule has 8 heteroatoms. The van der Waals surface area contributed by atoms with Crippen LogP contribution in [0, 0.1) is 6.92 Å². The molecule has 1 aliphatic carbocycles. The van der Waals surface area contributed by atoms with Gasteiger partial charge in [0.1, 0.15) is 11.8 Å². The number of ether oxygens (including phenoxy) is 1. The van der Waals surface area contributed by atoms with Crippen LogP contribution in [0.1, 0.15) is 40.0 Å². The van der Waals surface area contributed by atoms with E-state index >= 15 is 0 Å². The lowest BCUT2D eigenvalue weighted by molar-refractivity contribution is -0.139. The summed E-state index contributed by atoms with van der Waals surface area (Å²) in [5.74, 6) is 0.455. The third-order valence-electron chi connectivity index (χ3n) is 6.35. The van der Waals surface area contributed by atoms with Gasteiger partial charge in [-0.15, -0.1) is 5.73 Å². The molecule has 2 aromatic carbocycles. The molecule has 0 fully saturated rings. The number of rotatable bonds is 12. The van der Waals surface area contributed by atoms with Gasteiger partial charge in [-0.05, 0) is 84.7 Å². The van der Waals surface area contributed by atoms with Crippen LogP contribution < -0.4 is 10.1 Å². The summed E-state index contributed by atoms with van der Waals surface area (Å²) < 4.78 is 5.76. The number of benzene rings is 2. The molecule has 0 spiro atoms. The standard InChI is InChI=1S/C31H31N3O4S/c1-21-8-6-7-11-25(21)27-18-22(13-15-26(27)30(35)34-28(31(36)37)16-17-39-2)12-14-23-19-33-29(20-32-23)38-24-9-4-3-5-10-24/h4-9,11,13,15,18-20,28H,10,12,14,16-17H2,1-2H3,(H,34,35)(H,36,37)/t28-/m0/s1. The zero-order chi connectivity index (χ0) is 27.6. The van der Waals surface area contributed by atoms with Crippen LogP contribution in [0.3, 0.4) is 0 Å². The van der Waals surface area contributed by atoms with E-state index in [4.69, 9.17) is 4.74 Å². The van der Waals surface area contributed by atoms with Crippen molar-refractivity contribution < 1.29 is 19.4 Å². The van der Waals surface area contributed by atoms with Crippen molar-refractivity contribution in [3.05, 3.63) is 107 Å². The Labute approximate surface area is 232 Å². The Morgan fingerprint density at radius 3 is 2.67 bits per heavy atom. The van der Waals surface area contributed by atoms with Crippen molar-refractivity contribution in [3.8, 4) is 17.0 Å². The minimum Gasteiger partial charge on any atom is -0.480 e. The Bertz CT molecular complexity index is 1430. The molecular formula is C31H31N3O4S. The SMILES string of the molecule is CSCC[C@H](NC(=O)c1ccc(CCc2cnc(OC3=CC=C=CC3)cn2)cc1-c1ccccc1C)C(=O)O. The number of amides is 1. The highest BCUT2D eigenvalue weighted by molar-refractivity contribution is 7.98. The van der Waals surface area contributed by atoms with Crippen molar-refractivity contribution >= 4 is 23.6 Å². The molecule has 0 saturated carbocycles. The van der Waals surface area contributed by atoms with Crippen LogP contribution in [0.15, 0.2) is 84.6 Å². The highest BCUT2D eigenvalue weighted by Crippen LogP contribution is 2.29. The van der Waals surface area contributed by atoms with Crippen LogP contribution in [0.5, 0.6) is 5.88 Å². The molecule has 1 aliphatic rings. The van der Waals surface area contributed by atoms with E-state index in [2.05, 4.69) is 21.0 Å². The predicted molar refractivity (Wildman–Crippen MR) is 154 cm³/mol. The summed E-state index contributed by atoms with van der Waals surface area (Å²) in [6.07, 6.45) is 13.2. The number of hydrogen-bond donors (Lipinski definition) is 2. The third-order valence-corrected chi connectivity index (χ3v) is 7.00. The van der Waals surface area contributed by atoms with Crippen molar-refractivity contribution in [2.24, 2.45) is 0 Å². The Kier molecular flexibility index (Phi) is 9.73. The minimum absolute atomic E-state index is 0.358. The van der Waals surface area contributed by atoms with Crippen molar-refractivity contribution in [1.29, 1.82) is 0 Å². The number of carbonyl (C=O) groups excluding carboxylic acids is 1. The summed E-state index contributed by atoms with van der Waals surface area (Å²) in [6, 6.07) is 12.6. The van der Waals surface area contributed by atoms with Crippen molar-refractivity contribution in [1.82, 2.24) is 15.3 Å². The monoisotopic (exact) mass is 541 g/mol. The number of thioether (sulfide) groups is 1. The summed E-state index contributed by atoms with van der Waals surface area (Å²) in [5, 5.41) is 12.3. The Morgan fingerprint density at radius 1 is 1.13 bits per heavy atom. The van der Waals surface area contributed by atoms with Gasteiger partial charge < -0.3 is 15.2 Å². The van der Waals surface area contributed by atoms with Crippen LogP contribution in [0.4, 0.5) is 0 Å². The summed E-state index contributed by atoms with van der Waals surface area (Å²) in [7, 11) is 0. The third kappa shape index (κ3) is 7.69. The predicted octanol–water partition coefficient (Wildman–Crippen LogP) is 5.55. The molecule has 1 heterocycles. The summed E-state index contributed by atoms with van der Waals surface area (Å²) in [4.78, 5) is 33.9. The molecule has 1 atom stereocenters. The molecule has 39 heavy (non-hydrogen) atoms. The van der Waals surface area contributed by atoms with Gasteiger partial charge in [-0.1, -0.05) is 36.4 Å². The van der Waals surface area contributed by atoms with E-state index < -0.39 is 17.9 Å². The Hall–Kier alpha value is -4.13. The van der Waals surface area contributed by atoms with Gasteiger partial charge in [0.2, 0.25) is 5.88 Å². The number of carboxylic acid groups (broad SMARTS) is 1. The van der Waals surface area contributed by atoms with Gasteiger partial charge in [0, 0.05) is 12.0 Å². The average Bonchev–Trinajstić information content (AvgIpc) is 2.95. The molecule has 0 saturated heterocycles. The van der Waals surface area contributed by atoms with E-state index in [-0.39, 0.29) is 0 Å². The topological polar surface area (TPSA) is 101 Å². The number of allylic oxidation sites excluding steroid dienone is 2. The second kappa shape index (κ2) is 13.6. The van der Waals surface area contributed by atoms with Crippen LogP contribution in [-0.2, 0) is 17.6 Å². The number of carboxylic acids is 1. The molecule has 3 aromatic rings. The fourth-order valence-electron chi connectivity index (χ4n) is 4.22. The van der Waals surface area contributed by atoms with Gasteiger partial charge in [-0.25, -0.2) is 9.78 Å². The number of nitrogens with zero attached hydrogens (tertiary/aromatic N) is 2. The van der Waals surface area contributed by atoms with E-state index in [0.717, 1.165) is 33.7 Å². The van der Waals surface area contributed by atoms with Crippen LogP contribution in [0.2, 0.25) is 0 Å². The molecule has 2 N–H and O–H groups in total. The van der Waals surface area contributed by atoms with E-state index in [1.165, 1.54) is 0 Å². The average molecular weight is 542 g/mol. The minimum atomic E-state index is -1.03. The van der Waals surface area contributed by atoms with Gasteiger partial charge in [-0.2, -0.15) is 11.8 Å². The lowest BCUT2D eigenvalue weighted by Gasteiger charge is -2.17. The molecule has 4 rings (SSSR count). The van der Waals surface area contributed by atoms with Gasteiger partial charge in [0.05, 0.1) is 18.1 Å². The molecule has 0 bridgehead atoms. The summed E-state index contributed by atoms with van der Waals surface area (Å²) in [5.41, 5.74) is 8.05. The first-order valence-electron chi connectivity index (χ1n) is 12.7. The normalized spacial score (nSPS) is 13.0. The van der Waals surface area contributed by atoms with Crippen molar-refractivity contribution in [2.75, 3.05) is 12.0 Å². The first-order chi connectivity index (χ1) is 18.9. The first kappa shape index (κ1) is 27.9. The maximum Gasteiger partial charge on any atom is 0.326 e. The van der Waals surface area contributed by atoms with Crippen LogP contribution in [-0.4, -0.2) is 45.0 Å². The number of hydrogen-bond acceptors (Lipinski definition) is 6. The first-order valence-corrected chi connectivity index (χ1v) is 14.1. The van der Waals surface area contributed by atoms with E-state index in [1.54, 1.807) is 36.3 Å². The highest BCUT2D eigenvalue weighted by Gasteiger charge is 2.22. The molecule has 0 unspecified atom stereocenters. The number of nitrogens with one attached hydrogen (secondary N) is 1. The second-order valence-electron chi connectivity index (χ2n) is 9.16. The molecular weight excluding hydrogens is 510 g/mol. The fraction of sp³-hybridized carbons (Fsp3) is 0.258. The van der Waals surface area contributed by atoms with E-state index in [9.17, 15) is 14.7 Å². The van der Waals surface area contributed by atoms with Gasteiger partial charge >= 0.3 is 5.97 Å². The summed E-state index contributed by atoms with van der Waals surface area (Å²) in [6.45, 7) is 2.00. The van der Waals surface area contributed by atoms with Gasteiger partial charge in [-0.3, -0.25) is 9.78 Å². The molecule has 0 radical (unpaired) electrons. The zero-order valence-electron chi connectivity index (χ0n) is 22.0. The molecule has 0 aliphatic heterocycles. The van der Waals surface area contributed by atoms with Crippen LogP contribution >= 0.6 is 11.8 Å². The lowest BCUT2D eigenvalue weighted by Crippen LogP contribution is -2.41. The zero-order valence-corrected chi connectivity index (χ0v) is 22.8. The number of aryl methyl sites for hydroxylation is 3. The number of aromatic nitrogens is 2. The maximum atomic E-state index is 13.3. The quantitative estimate of drug-likeness (QED) is 0.290. The molecule has 1 aromatic heterocycles. The molecule has 200 valence electrons. The number of aliphatic carboxylic acids is 1. The maximum absolute atomic E-state index is 13.3. The molecule has 1 amide bonds. The van der Waals surface area contributed by atoms with Gasteiger partial charge in [0.15, 0.2) is 0 Å². The molecule has 7 nitrogen and oxygen atoms in total. The van der Waals surface area contributed by atoms with Crippen LogP contribution in [0.25, 0.3) is 11.1 Å². The fourth-order valence-corrected chi connectivity index (χ4v) is 4.69. The number of carbonyl (C=O) groups is 2. The smallest absolute Gasteiger partial charge is 0.326 e.